The molecule has 4 heteroatoms. The Morgan fingerprint density at radius 2 is 1.95 bits per heavy atom. The molecule has 102 valence electrons. The SMILES string of the molecule is C=CCc1c(C)nc(C)nc1N/N=C\c1ccccc1. The summed E-state index contributed by atoms with van der Waals surface area (Å²) in [5.41, 5.74) is 6.01. The molecule has 0 saturated carbocycles. The van der Waals surface area contributed by atoms with Gasteiger partial charge in [-0.2, -0.15) is 5.10 Å². The molecule has 0 aliphatic carbocycles. The lowest BCUT2D eigenvalue weighted by Crippen LogP contribution is -2.05. The first-order valence-corrected chi connectivity index (χ1v) is 6.50. The van der Waals surface area contributed by atoms with Crippen molar-refractivity contribution in [2.45, 2.75) is 20.3 Å². The lowest BCUT2D eigenvalue weighted by molar-refractivity contribution is 0.964. The fourth-order valence-electron chi connectivity index (χ4n) is 1.92. The van der Waals surface area contributed by atoms with E-state index in [0.29, 0.717) is 0 Å². The van der Waals surface area contributed by atoms with Crippen LogP contribution in [0.25, 0.3) is 0 Å². The van der Waals surface area contributed by atoms with Crippen LogP contribution in [0.3, 0.4) is 0 Å². The summed E-state index contributed by atoms with van der Waals surface area (Å²) < 4.78 is 0. The van der Waals surface area contributed by atoms with Crippen LogP contribution in [0.1, 0.15) is 22.6 Å². The molecule has 0 radical (unpaired) electrons. The number of hydrogen-bond acceptors (Lipinski definition) is 4. The lowest BCUT2D eigenvalue weighted by Gasteiger charge is -2.09. The summed E-state index contributed by atoms with van der Waals surface area (Å²) in [5.74, 6) is 1.47. The molecule has 0 amide bonds. The van der Waals surface area contributed by atoms with Gasteiger partial charge in [-0.15, -0.1) is 6.58 Å². The summed E-state index contributed by atoms with van der Waals surface area (Å²) in [6.45, 7) is 7.61. The third-order valence-electron chi connectivity index (χ3n) is 2.86. The highest BCUT2D eigenvalue weighted by molar-refractivity contribution is 5.80. The van der Waals surface area contributed by atoms with E-state index in [4.69, 9.17) is 0 Å². The van der Waals surface area contributed by atoms with Crippen LogP contribution in [0.2, 0.25) is 0 Å². The van der Waals surface area contributed by atoms with Crippen molar-refractivity contribution in [2.75, 3.05) is 5.43 Å². The number of aryl methyl sites for hydroxylation is 2. The van der Waals surface area contributed by atoms with E-state index in [1.165, 1.54) is 0 Å². The Hall–Kier alpha value is -2.49. The van der Waals surface area contributed by atoms with Gasteiger partial charge in [-0.25, -0.2) is 9.97 Å². The average molecular weight is 266 g/mol. The zero-order valence-corrected chi connectivity index (χ0v) is 11.8. The molecular formula is C16H18N4. The number of anilines is 1. The number of hydrazone groups is 1. The molecule has 20 heavy (non-hydrogen) atoms. The molecule has 4 nitrogen and oxygen atoms in total. The molecule has 1 heterocycles. The van der Waals surface area contributed by atoms with Gasteiger partial charge in [0.1, 0.15) is 5.82 Å². The molecule has 1 aromatic carbocycles. The number of rotatable bonds is 5. The van der Waals surface area contributed by atoms with E-state index in [0.717, 1.165) is 34.9 Å². The van der Waals surface area contributed by atoms with Crippen LogP contribution in [0.4, 0.5) is 5.82 Å². The average Bonchev–Trinajstić information content (AvgIpc) is 2.43. The van der Waals surface area contributed by atoms with E-state index in [1.54, 1.807) is 6.21 Å². The maximum atomic E-state index is 4.40. The summed E-state index contributed by atoms with van der Waals surface area (Å²) in [4.78, 5) is 8.77. The van der Waals surface area contributed by atoms with Gasteiger partial charge in [0.05, 0.1) is 6.21 Å². The highest BCUT2D eigenvalue weighted by Crippen LogP contribution is 2.17. The van der Waals surface area contributed by atoms with Crippen molar-refractivity contribution in [1.29, 1.82) is 0 Å². The Balaban J connectivity index is 2.20. The first-order valence-electron chi connectivity index (χ1n) is 6.50. The van der Waals surface area contributed by atoms with Crippen LogP contribution in [-0.4, -0.2) is 16.2 Å². The zero-order chi connectivity index (χ0) is 14.4. The molecule has 0 fully saturated rings. The Morgan fingerprint density at radius 1 is 1.20 bits per heavy atom. The van der Waals surface area contributed by atoms with Gasteiger partial charge in [0.2, 0.25) is 0 Å². The lowest BCUT2D eigenvalue weighted by atomic mass is 10.1. The van der Waals surface area contributed by atoms with Crippen molar-refractivity contribution in [2.24, 2.45) is 5.10 Å². The van der Waals surface area contributed by atoms with E-state index >= 15 is 0 Å². The normalized spacial score (nSPS) is 10.7. The van der Waals surface area contributed by atoms with Crippen molar-refractivity contribution >= 4 is 12.0 Å². The molecular weight excluding hydrogens is 248 g/mol. The van der Waals surface area contributed by atoms with Crippen LogP contribution in [0.15, 0.2) is 48.1 Å². The van der Waals surface area contributed by atoms with Crippen molar-refractivity contribution in [3.63, 3.8) is 0 Å². The second-order valence-electron chi connectivity index (χ2n) is 4.46. The van der Waals surface area contributed by atoms with Crippen molar-refractivity contribution < 1.29 is 0 Å². The number of nitrogens with zero attached hydrogens (tertiary/aromatic N) is 3. The third-order valence-corrected chi connectivity index (χ3v) is 2.86. The summed E-state index contributed by atoms with van der Waals surface area (Å²) in [7, 11) is 0. The number of nitrogens with one attached hydrogen (secondary N) is 1. The van der Waals surface area contributed by atoms with Crippen molar-refractivity contribution in [3.8, 4) is 0 Å². The van der Waals surface area contributed by atoms with Crippen LogP contribution < -0.4 is 5.43 Å². The van der Waals surface area contributed by atoms with E-state index in [2.05, 4.69) is 27.1 Å². The van der Waals surface area contributed by atoms with Crippen molar-refractivity contribution in [3.05, 3.63) is 65.6 Å². The summed E-state index contributed by atoms with van der Waals surface area (Å²) >= 11 is 0. The first-order chi connectivity index (χ1) is 9.70. The molecule has 0 saturated heterocycles. The molecule has 2 aromatic rings. The first kappa shape index (κ1) is 13.9. The second-order valence-corrected chi connectivity index (χ2v) is 4.46. The van der Waals surface area contributed by atoms with Gasteiger partial charge in [-0.3, -0.25) is 5.43 Å². The van der Waals surface area contributed by atoms with Gasteiger partial charge >= 0.3 is 0 Å². The zero-order valence-electron chi connectivity index (χ0n) is 11.8. The second kappa shape index (κ2) is 6.61. The van der Waals surface area contributed by atoms with Crippen LogP contribution >= 0.6 is 0 Å². The van der Waals surface area contributed by atoms with E-state index in [9.17, 15) is 0 Å². The quantitative estimate of drug-likeness (QED) is 0.513. The third kappa shape index (κ3) is 3.51. The predicted octanol–water partition coefficient (Wildman–Crippen LogP) is 3.27. The Morgan fingerprint density at radius 3 is 2.65 bits per heavy atom. The molecule has 0 aliphatic rings. The molecule has 0 unspecified atom stereocenters. The molecule has 0 bridgehead atoms. The molecule has 2 rings (SSSR count). The highest BCUT2D eigenvalue weighted by atomic mass is 15.3. The number of hydrogen-bond donors (Lipinski definition) is 1. The molecule has 0 spiro atoms. The van der Waals surface area contributed by atoms with Crippen LogP contribution in [0.5, 0.6) is 0 Å². The minimum atomic E-state index is 0.718. The predicted molar refractivity (Wildman–Crippen MR) is 83.1 cm³/mol. The topological polar surface area (TPSA) is 50.2 Å². The summed E-state index contributed by atoms with van der Waals surface area (Å²) in [5, 5.41) is 4.24. The summed E-state index contributed by atoms with van der Waals surface area (Å²) in [6, 6.07) is 9.91. The van der Waals surface area contributed by atoms with Crippen molar-refractivity contribution in [1.82, 2.24) is 9.97 Å². The Bertz CT molecular complexity index is 618. The minimum absolute atomic E-state index is 0.718. The van der Waals surface area contributed by atoms with Crippen LogP contribution in [0, 0.1) is 13.8 Å². The number of allylic oxidation sites excluding steroid dienone is 1. The van der Waals surface area contributed by atoms with Gasteiger partial charge in [0.25, 0.3) is 0 Å². The molecule has 1 aromatic heterocycles. The van der Waals surface area contributed by atoms with Gasteiger partial charge in [-0.05, 0) is 25.8 Å². The molecule has 0 aliphatic heterocycles. The van der Waals surface area contributed by atoms with E-state index in [1.807, 2.05) is 50.3 Å². The van der Waals surface area contributed by atoms with Gasteiger partial charge in [0, 0.05) is 11.3 Å². The summed E-state index contributed by atoms with van der Waals surface area (Å²) in [6.07, 6.45) is 4.33. The highest BCUT2D eigenvalue weighted by Gasteiger charge is 2.07. The van der Waals surface area contributed by atoms with E-state index in [-0.39, 0.29) is 0 Å². The van der Waals surface area contributed by atoms with Crippen LogP contribution in [-0.2, 0) is 6.42 Å². The molecule has 1 N–H and O–H groups in total. The fraction of sp³-hybridized carbons (Fsp3) is 0.188. The Kier molecular flexibility index (Phi) is 4.60. The monoisotopic (exact) mass is 266 g/mol. The van der Waals surface area contributed by atoms with E-state index < -0.39 is 0 Å². The number of aromatic nitrogens is 2. The molecule has 0 atom stereocenters. The smallest absolute Gasteiger partial charge is 0.153 e. The number of benzene rings is 1. The van der Waals surface area contributed by atoms with Gasteiger partial charge in [0.15, 0.2) is 5.82 Å². The fourth-order valence-corrected chi connectivity index (χ4v) is 1.92. The maximum Gasteiger partial charge on any atom is 0.153 e. The maximum absolute atomic E-state index is 4.40. The largest absolute Gasteiger partial charge is 0.261 e. The minimum Gasteiger partial charge on any atom is -0.261 e. The van der Waals surface area contributed by atoms with Gasteiger partial charge < -0.3 is 0 Å². The Labute approximate surface area is 119 Å². The standard InChI is InChI=1S/C16H18N4/c1-4-8-15-12(2)18-13(3)19-16(15)20-17-11-14-9-6-5-7-10-14/h4-7,9-11H,1,8H2,2-3H3,(H,18,19,20)/b17-11-. The van der Waals surface area contributed by atoms with Gasteiger partial charge in [-0.1, -0.05) is 36.4 Å².